The molecule has 0 aromatic carbocycles. The van der Waals surface area contributed by atoms with Crippen molar-refractivity contribution < 1.29 is 0 Å². The van der Waals surface area contributed by atoms with Crippen molar-refractivity contribution in [2.24, 2.45) is 10.2 Å². The van der Waals surface area contributed by atoms with Crippen molar-refractivity contribution in [3.63, 3.8) is 0 Å². The van der Waals surface area contributed by atoms with E-state index in [-0.39, 0.29) is 0 Å². The van der Waals surface area contributed by atoms with Crippen LogP contribution < -0.4 is 10.7 Å². The van der Waals surface area contributed by atoms with Crippen molar-refractivity contribution >= 4 is 29.3 Å². The molecule has 1 saturated heterocycles. The van der Waals surface area contributed by atoms with Gasteiger partial charge in [0.05, 0.1) is 11.9 Å². The third-order valence-electron chi connectivity index (χ3n) is 2.53. The molecule has 0 amide bonds. The highest BCUT2D eigenvalue weighted by Crippen LogP contribution is 2.09. The summed E-state index contributed by atoms with van der Waals surface area (Å²) in [6.45, 7) is 4.04. The largest absolute Gasteiger partial charge is 0.364 e. The molecule has 0 bridgehead atoms. The van der Waals surface area contributed by atoms with Crippen LogP contribution in [-0.2, 0) is 0 Å². The lowest BCUT2D eigenvalue weighted by molar-refractivity contribution is 0.301. The molecule has 1 aliphatic rings. The number of thiocarbonyl (C=S) groups is 1. The lowest BCUT2D eigenvalue weighted by atomic mass is 10.2. The van der Waals surface area contributed by atoms with Crippen LogP contribution in [0.15, 0.2) is 10.2 Å². The minimum absolute atomic E-state index is 0.504. The van der Waals surface area contributed by atoms with Crippen LogP contribution in [0.3, 0.4) is 0 Å². The summed E-state index contributed by atoms with van der Waals surface area (Å²) < 4.78 is 0. The summed E-state index contributed by atoms with van der Waals surface area (Å²) in [5.41, 5.74) is 3.59. The maximum absolute atomic E-state index is 4.90. The van der Waals surface area contributed by atoms with E-state index in [9.17, 15) is 0 Å². The van der Waals surface area contributed by atoms with Gasteiger partial charge in [0, 0.05) is 20.1 Å². The molecule has 6 heteroatoms. The smallest absolute Gasteiger partial charge is 0.186 e. The Morgan fingerprint density at radius 2 is 1.88 bits per heavy atom. The number of hydrogen-bond acceptors (Lipinski definition) is 4. The Labute approximate surface area is 108 Å². The summed E-state index contributed by atoms with van der Waals surface area (Å²) in [5, 5.41) is 13.9. The van der Waals surface area contributed by atoms with E-state index in [1.54, 1.807) is 13.3 Å². The first-order valence-corrected chi connectivity index (χ1v) is 6.44. The predicted octanol–water partition coefficient (Wildman–Crippen LogP) is 1.32. The second-order valence-corrected chi connectivity index (χ2v) is 4.47. The van der Waals surface area contributed by atoms with Gasteiger partial charge in [0.15, 0.2) is 5.11 Å². The minimum Gasteiger partial charge on any atom is -0.364 e. The molecule has 0 aliphatic carbocycles. The Balaban J connectivity index is 2.38. The first-order chi connectivity index (χ1) is 8.22. The molecule has 0 saturated carbocycles. The van der Waals surface area contributed by atoms with Crippen LogP contribution in [0.4, 0.5) is 0 Å². The topological polar surface area (TPSA) is 52.0 Å². The number of hydrazone groups is 2. The summed E-state index contributed by atoms with van der Waals surface area (Å²) in [7, 11) is 1.75. The fraction of sp³-hybridized carbons (Fsp3) is 0.727. The molecule has 1 heterocycles. The monoisotopic (exact) mass is 255 g/mol. The Morgan fingerprint density at radius 3 is 2.47 bits per heavy atom. The molecule has 0 atom stereocenters. The van der Waals surface area contributed by atoms with Crippen molar-refractivity contribution in [3.8, 4) is 0 Å². The van der Waals surface area contributed by atoms with Gasteiger partial charge in [-0.15, -0.1) is 0 Å². The average molecular weight is 255 g/mol. The van der Waals surface area contributed by atoms with Crippen LogP contribution in [0.25, 0.3) is 0 Å². The number of nitrogens with one attached hydrogen (secondary N) is 2. The average Bonchev–Trinajstić information content (AvgIpc) is 2.57. The summed E-state index contributed by atoms with van der Waals surface area (Å²) in [6, 6.07) is 0. The SMILES string of the molecule is CNC(=S)NN=CC(C)=NN1CCCCCC1. The van der Waals surface area contributed by atoms with E-state index < -0.39 is 0 Å². The third kappa shape index (κ3) is 6.21. The highest BCUT2D eigenvalue weighted by atomic mass is 32.1. The first kappa shape index (κ1) is 13.9. The van der Waals surface area contributed by atoms with Gasteiger partial charge in [-0.1, -0.05) is 12.8 Å². The quantitative estimate of drug-likeness (QED) is 0.454. The zero-order valence-electron chi connectivity index (χ0n) is 10.6. The minimum atomic E-state index is 0.504. The van der Waals surface area contributed by atoms with Gasteiger partial charge in [0.25, 0.3) is 0 Å². The van der Waals surface area contributed by atoms with E-state index in [0.29, 0.717) is 5.11 Å². The molecule has 17 heavy (non-hydrogen) atoms. The molecule has 96 valence electrons. The summed E-state index contributed by atoms with van der Waals surface area (Å²) in [4.78, 5) is 0. The Morgan fingerprint density at radius 1 is 1.24 bits per heavy atom. The predicted molar refractivity (Wildman–Crippen MR) is 76.4 cm³/mol. The molecule has 0 aromatic heterocycles. The maximum Gasteiger partial charge on any atom is 0.186 e. The van der Waals surface area contributed by atoms with Crippen LogP contribution in [0.2, 0.25) is 0 Å². The fourth-order valence-electron chi connectivity index (χ4n) is 1.64. The highest BCUT2D eigenvalue weighted by molar-refractivity contribution is 7.80. The van der Waals surface area contributed by atoms with Crippen LogP contribution in [0.1, 0.15) is 32.6 Å². The van der Waals surface area contributed by atoms with Crippen LogP contribution in [0.5, 0.6) is 0 Å². The van der Waals surface area contributed by atoms with Gasteiger partial charge in [-0.25, -0.2) is 0 Å². The van der Waals surface area contributed by atoms with Crippen molar-refractivity contribution in [3.05, 3.63) is 0 Å². The van der Waals surface area contributed by atoms with E-state index in [2.05, 4.69) is 26.0 Å². The standard InChI is InChI=1S/C11H21N5S/c1-10(9-13-14-11(17)12-2)15-16-7-5-3-4-6-8-16/h9H,3-8H2,1-2H3,(H2,12,14,17). The molecule has 0 aromatic rings. The zero-order chi connectivity index (χ0) is 12.5. The molecule has 2 N–H and O–H groups in total. The van der Waals surface area contributed by atoms with Gasteiger partial charge in [-0.05, 0) is 32.0 Å². The number of rotatable bonds is 3. The second kappa shape index (κ2) is 8.00. The highest BCUT2D eigenvalue weighted by Gasteiger charge is 2.05. The number of nitrogens with zero attached hydrogens (tertiary/aromatic N) is 3. The first-order valence-electron chi connectivity index (χ1n) is 6.03. The molecule has 1 aliphatic heterocycles. The van der Waals surface area contributed by atoms with Crippen LogP contribution in [0, 0.1) is 0 Å². The second-order valence-electron chi connectivity index (χ2n) is 4.06. The van der Waals surface area contributed by atoms with Gasteiger partial charge < -0.3 is 5.32 Å². The normalized spacial score (nSPS) is 18.0. The van der Waals surface area contributed by atoms with Crippen molar-refractivity contribution in [2.75, 3.05) is 20.1 Å². The Kier molecular flexibility index (Phi) is 6.54. The lowest BCUT2D eigenvalue weighted by Gasteiger charge is -2.16. The van der Waals surface area contributed by atoms with Gasteiger partial charge >= 0.3 is 0 Å². The molecule has 0 radical (unpaired) electrons. The van der Waals surface area contributed by atoms with E-state index >= 15 is 0 Å². The number of hydrogen-bond donors (Lipinski definition) is 2. The summed E-state index contributed by atoms with van der Waals surface area (Å²) >= 11 is 4.90. The fourth-order valence-corrected chi connectivity index (χ4v) is 1.70. The van der Waals surface area contributed by atoms with Crippen molar-refractivity contribution in [1.29, 1.82) is 0 Å². The van der Waals surface area contributed by atoms with Crippen LogP contribution in [-0.4, -0.2) is 42.2 Å². The Bertz CT molecular complexity index is 292. The molecule has 0 spiro atoms. The van der Waals surface area contributed by atoms with E-state index in [0.717, 1.165) is 18.8 Å². The van der Waals surface area contributed by atoms with E-state index in [4.69, 9.17) is 12.2 Å². The summed E-state index contributed by atoms with van der Waals surface area (Å²) in [5.74, 6) is 0. The van der Waals surface area contributed by atoms with E-state index in [1.807, 2.05) is 6.92 Å². The molecular weight excluding hydrogens is 234 g/mol. The third-order valence-corrected chi connectivity index (χ3v) is 2.82. The molecule has 1 fully saturated rings. The molecule has 5 nitrogen and oxygen atoms in total. The van der Waals surface area contributed by atoms with Gasteiger partial charge in [-0.3, -0.25) is 10.4 Å². The zero-order valence-corrected chi connectivity index (χ0v) is 11.4. The van der Waals surface area contributed by atoms with E-state index in [1.165, 1.54) is 25.7 Å². The lowest BCUT2D eigenvalue weighted by Crippen LogP contribution is -2.28. The van der Waals surface area contributed by atoms with Crippen LogP contribution >= 0.6 is 12.2 Å². The van der Waals surface area contributed by atoms with Crippen molar-refractivity contribution in [1.82, 2.24) is 15.8 Å². The van der Waals surface area contributed by atoms with Crippen molar-refractivity contribution in [2.45, 2.75) is 32.6 Å². The maximum atomic E-state index is 4.90. The van der Waals surface area contributed by atoms with Gasteiger partial charge in [0.2, 0.25) is 0 Å². The molecule has 0 unspecified atom stereocenters. The Hall–Kier alpha value is -1.17. The van der Waals surface area contributed by atoms with Gasteiger partial charge in [-0.2, -0.15) is 10.2 Å². The summed E-state index contributed by atoms with van der Waals surface area (Å²) in [6.07, 6.45) is 6.79. The molecular formula is C11H21N5S. The van der Waals surface area contributed by atoms with Gasteiger partial charge in [0.1, 0.15) is 0 Å². The molecule has 1 rings (SSSR count).